The van der Waals surface area contributed by atoms with Crippen molar-refractivity contribution in [2.45, 2.75) is 6.92 Å². The first-order valence-electron chi connectivity index (χ1n) is 7.86. The molecule has 0 radical (unpaired) electrons. The van der Waals surface area contributed by atoms with Gasteiger partial charge in [0.2, 0.25) is 0 Å². The zero-order chi connectivity index (χ0) is 18.1. The maximum absolute atomic E-state index is 13.1. The number of hydrogen-bond donors (Lipinski definition) is 1. The molecule has 2 aromatic heterocycles. The lowest BCUT2D eigenvalue weighted by molar-refractivity contribution is 0.102. The third-order valence-electron chi connectivity index (χ3n) is 3.82. The van der Waals surface area contributed by atoms with Crippen molar-refractivity contribution in [3.63, 3.8) is 0 Å². The Balaban J connectivity index is 1.59. The highest BCUT2D eigenvalue weighted by Crippen LogP contribution is 2.30. The molecule has 1 amide bonds. The van der Waals surface area contributed by atoms with Crippen molar-refractivity contribution in [2.75, 3.05) is 5.32 Å². The number of nitrogens with zero attached hydrogens (tertiary/aromatic N) is 3. The fourth-order valence-electron chi connectivity index (χ4n) is 2.55. The van der Waals surface area contributed by atoms with Crippen LogP contribution in [0.3, 0.4) is 0 Å². The molecular formula is C19H13FN4OS. The average molecular weight is 364 g/mol. The number of benzene rings is 2. The van der Waals surface area contributed by atoms with Gasteiger partial charge >= 0.3 is 0 Å². The van der Waals surface area contributed by atoms with Gasteiger partial charge in [-0.2, -0.15) is 0 Å². The molecule has 0 aliphatic carbocycles. The number of hydrogen-bond acceptors (Lipinski definition) is 5. The zero-order valence-electron chi connectivity index (χ0n) is 13.7. The fraction of sp³-hybridized carbons (Fsp3) is 0.0526. The van der Waals surface area contributed by atoms with Crippen LogP contribution in [-0.4, -0.2) is 20.9 Å². The Morgan fingerprint density at radius 2 is 1.77 bits per heavy atom. The summed E-state index contributed by atoms with van der Waals surface area (Å²) in [6, 6.07) is 13.5. The lowest BCUT2D eigenvalue weighted by Crippen LogP contribution is -2.14. The molecule has 0 aliphatic rings. The molecule has 7 heteroatoms. The van der Waals surface area contributed by atoms with Crippen LogP contribution in [0.4, 0.5) is 9.52 Å². The van der Waals surface area contributed by atoms with E-state index in [2.05, 4.69) is 20.3 Å². The summed E-state index contributed by atoms with van der Waals surface area (Å²) in [5.74, 6) is -0.673. The molecule has 0 atom stereocenters. The largest absolute Gasteiger partial charge is 0.296 e. The highest BCUT2D eigenvalue weighted by molar-refractivity contribution is 7.16. The third-order valence-corrected chi connectivity index (χ3v) is 4.70. The molecule has 0 saturated heterocycles. The summed E-state index contributed by atoms with van der Waals surface area (Å²) < 4.78 is 13.1. The van der Waals surface area contributed by atoms with Crippen molar-refractivity contribution in [1.29, 1.82) is 0 Å². The molecule has 128 valence electrons. The number of fused-ring (bicyclic) bond motifs is 1. The van der Waals surface area contributed by atoms with Gasteiger partial charge in [-0.15, -0.1) is 11.3 Å². The smallest absolute Gasteiger partial charge is 0.277 e. The number of carbonyl (C=O) groups is 1. The number of anilines is 1. The summed E-state index contributed by atoms with van der Waals surface area (Å²) in [6.45, 7) is 1.90. The van der Waals surface area contributed by atoms with Crippen LogP contribution in [0, 0.1) is 12.7 Å². The molecular weight excluding hydrogens is 351 g/mol. The predicted molar refractivity (Wildman–Crippen MR) is 99.7 cm³/mol. The molecule has 1 N–H and O–H groups in total. The van der Waals surface area contributed by atoms with Gasteiger partial charge in [0.05, 0.1) is 22.9 Å². The van der Waals surface area contributed by atoms with Crippen molar-refractivity contribution in [2.24, 2.45) is 0 Å². The number of thiazole rings is 1. The minimum absolute atomic E-state index is 0.222. The summed E-state index contributed by atoms with van der Waals surface area (Å²) in [4.78, 5) is 26.4. The van der Waals surface area contributed by atoms with Crippen molar-refractivity contribution < 1.29 is 9.18 Å². The Kier molecular flexibility index (Phi) is 4.14. The number of rotatable bonds is 3. The third kappa shape index (κ3) is 3.16. The van der Waals surface area contributed by atoms with E-state index in [1.165, 1.54) is 29.7 Å². The van der Waals surface area contributed by atoms with Gasteiger partial charge in [-0.3, -0.25) is 15.1 Å². The summed E-state index contributed by atoms with van der Waals surface area (Å²) in [7, 11) is 0. The van der Waals surface area contributed by atoms with Gasteiger partial charge in [0.25, 0.3) is 5.91 Å². The summed E-state index contributed by atoms with van der Waals surface area (Å²) in [6.07, 6.45) is 1.44. The number of aryl methyl sites for hydroxylation is 1. The Labute approximate surface area is 152 Å². The Morgan fingerprint density at radius 3 is 2.54 bits per heavy atom. The van der Waals surface area contributed by atoms with Gasteiger partial charge in [0, 0.05) is 10.4 Å². The van der Waals surface area contributed by atoms with E-state index in [1.807, 2.05) is 25.1 Å². The van der Waals surface area contributed by atoms with Crippen LogP contribution in [0.1, 0.15) is 15.4 Å². The van der Waals surface area contributed by atoms with Gasteiger partial charge in [-0.05, 0) is 43.3 Å². The predicted octanol–water partition coefficient (Wildman–Crippen LogP) is 4.45. The van der Waals surface area contributed by atoms with Crippen LogP contribution < -0.4 is 5.32 Å². The first kappa shape index (κ1) is 16.3. The second-order valence-corrected chi connectivity index (χ2v) is 6.83. The van der Waals surface area contributed by atoms with E-state index >= 15 is 0 Å². The summed E-state index contributed by atoms with van der Waals surface area (Å²) >= 11 is 1.36. The van der Waals surface area contributed by atoms with Gasteiger partial charge in [-0.25, -0.2) is 14.4 Å². The molecule has 0 saturated carbocycles. The van der Waals surface area contributed by atoms with E-state index < -0.39 is 0 Å². The highest BCUT2D eigenvalue weighted by Gasteiger charge is 2.15. The van der Waals surface area contributed by atoms with E-state index in [1.54, 1.807) is 18.2 Å². The molecule has 0 unspecified atom stereocenters. The van der Waals surface area contributed by atoms with Crippen molar-refractivity contribution in [3.05, 3.63) is 71.1 Å². The molecule has 0 fully saturated rings. The van der Waals surface area contributed by atoms with E-state index in [0.717, 1.165) is 21.7 Å². The molecule has 0 aliphatic heterocycles. The Morgan fingerprint density at radius 1 is 1.04 bits per heavy atom. The van der Waals surface area contributed by atoms with Crippen LogP contribution in [0.15, 0.2) is 54.7 Å². The summed E-state index contributed by atoms with van der Waals surface area (Å²) in [5.41, 5.74) is 3.12. The Hall–Kier alpha value is -3.19. The molecule has 0 bridgehead atoms. The number of amides is 1. The second kappa shape index (κ2) is 6.61. The first-order valence-corrected chi connectivity index (χ1v) is 8.68. The van der Waals surface area contributed by atoms with Gasteiger partial charge in [0.15, 0.2) is 5.13 Å². The molecule has 2 aromatic carbocycles. The van der Waals surface area contributed by atoms with Gasteiger partial charge < -0.3 is 0 Å². The highest BCUT2D eigenvalue weighted by atomic mass is 32.1. The SMILES string of the molecule is Cc1sc(NC(=O)c2cnc3ccccc3n2)nc1-c1ccc(F)cc1. The molecule has 5 nitrogen and oxygen atoms in total. The van der Waals surface area contributed by atoms with Crippen LogP contribution in [0.25, 0.3) is 22.3 Å². The van der Waals surface area contributed by atoms with E-state index in [9.17, 15) is 9.18 Å². The minimum Gasteiger partial charge on any atom is -0.296 e. The second-order valence-electron chi connectivity index (χ2n) is 5.63. The average Bonchev–Trinajstić information content (AvgIpc) is 3.02. The summed E-state index contributed by atoms with van der Waals surface area (Å²) in [5, 5.41) is 3.22. The lowest BCUT2D eigenvalue weighted by atomic mass is 10.1. The Bertz CT molecular complexity index is 1110. The van der Waals surface area contributed by atoms with E-state index in [4.69, 9.17) is 0 Å². The molecule has 26 heavy (non-hydrogen) atoms. The van der Waals surface area contributed by atoms with E-state index in [-0.39, 0.29) is 17.4 Å². The van der Waals surface area contributed by atoms with Crippen LogP contribution >= 0.6 is 11.3 Å². The normalized spacial score (nSPS) is 10.8. The topological polar surface area (TPSA) is 67.8 Å². The number of aromatic nitrogens is 3. The maximum atomic E-state index is 13.1. The minimum atomic E-state index is -0.373. The number of carbonyl (C=O) groups excluding carboxylic acids is 1. The maximum Gasteiger partial charge on any atom is 0.277 e. The van der Waals surface area contributed by atoms with Crippen molar-refractivity contribution >= 4 is 33.4 Å². The molecule has 2 heterocycles. The number of para-hydroxylation sites is 2. The molecule has 4 rings (SSSR count). The number of halogens is 1. The quantitative estimate of drug-likeness (QED) is 0.583. The molecule has 0 spiro atoms. The van der Waals surface area contributed by atoms with Gasteiger partial charge in [-0.1, -0.05) is 12.1 Å². The monoisotopic (exact) mass is 364 g/mol. The van der Waals surface area contributed by atoms with Crippen molar-refractivity contribution in [1.82, 2.24) is 15.0 Å². The molecule has 4 aromatic rings. The van der Waals surface area contributed by atoms with Crippen molar-refractivity contribution in [3.8, 4) is 11.3 Å². The standard InChI is InChI=1S/C19H13FN4OS/c1-11-17(12-6-8-13(20)9-7-12)23-19(26-11)24-18(25)16-10-21-14-4-2-3-5-15(14)22-16/h2-10H,1H3,(H,23,24,25). The van der Waals surface area contributed by atoms with Crippen LogP contribution in [-0.2, 0) is 0 Å². The van der Waals surface area contributed by atoms with Crippen LogP contribution in [0.5, 0.6) is 0 Å². The first-order chi connectivity index (χ1) is 12.6. The zero-order valence-corrected chi connectivity index (χ0v) is 14.5. The fourth-order valence-corrected chi connectivity index (χ4v) is 3.38. The van der Waals surface area contributed by atoms with Crippen LogP contribution in [0.2, 0.25) is 0 Å². The number of nitrogens with one attached hydrogen (secondary N) is 1. The lowest BCUT2D eigenvalue weighted by Gasteiger charge is -2.02. The van der Waals surface area contributed by atoms with E-state index in [0.29, 0.717) is 10.6 Å². The van der Waals surface area contributed by atoms with Gasteiger partial charge in [0.1, 0.15) is 11.5 Å².